The van der Waals surface area contributed by atoms with E-state index >= 15 is 0 Å². The summed E-state index contributed by atoms with van der Waals surface area (Å²) < 4.78 is 0. The maximum Gasteiger partial charge on any atom is 0.0690 e. The Balaban J connectivity index is 1.42. The number of nitriles is 1. The van der Waals surface area contributed by atoms with Gasteiger partial charge in [-0.05, 0) is 72.5 Å². The van der Waals surface area contributed by atoms with Crippen molar-refractivity contribution in [2.24, 2.45) is 33.0 Å². The zero-order chi connectivity index (χ0) is 13.7. The minimum atomic E-state index is 0.121. The van der Waals surface area contributed by atoms with Crippen LogP contribution in [0.2, 0.25) is 0 Å². The third kappa shape index (κ3) is 1.19. The van der Waals surface area contributed by atoms with Crippen LogP contribution in [-0.2, 0) is 0 Å². The van der Waals surface area contributed by atoms with Crippen LogP contribution in [0.1, 0.15) is 72.6 Å². The molecular formula is C18H27N. The molecule has 0 radical (unpaired) electrons. The average Bonchev–Trinajstić information content (AvgIpc) is 2.03. The molecule has 19 heavy (non-hydrogen) atoms. The van der Waals surface area contributed by atoms with E-state index in [9.17, 15) is 5.26 Å². The molecule has 4 bridgehead atoms. The first-order valence-corrected chi connectivity index (χ1v) is 8.12. The third-order valence-electron chi connectivity index (χ3n) is 7.93. The molecule has 0 spiro atoms. The largest absolute Gasteiger partial charge is 0.198 e. The van der Waals surface area contributed by atoms with Crippen LogP contribution in [0.5, 0.6) is 0 Å². The van der Waals surface area contributed by atoms with Crippen LogP contribution in [0, 0.1) is 44.3 Å². The molecule has 0 unspecified atom stereocenters. The fraction of sp³-hybridized carbons (Fsp3) is 0.944. The zero-order valence-corrected chi connectivity index (χ0v) is 13.0. The second kappa shape index (κ2) is 2.90. The molecule has 104 valence electrons. The summed E-state index contributed by atoms with van der Waals surface area (Å²) in [6.07, 6.45) is 9.54. The first kappa shape index (κ1) is 12.2. The lowest BCUT2D eigenvalue weighted by molar-refractivity contribution is -0.289. The highest BCUT2D eigenvalue weighted by Crippen LogP contribution is 2.84. The van der Waals surface area contributed by atoms with Crippen molar-refractivity contribution in [1.29, 1.82) is 5.26 Å². The average molecular weight is 257 g/mol. The summed E-state index contributed by atoms with van der Waals surface area (Å²) >= 11 is 0. The van der Waals surface area contributed by atoms with E-state index in [1.54, 1.807) is 0 Å². The summed E-state index contributed by atoms with van der Waals surface area (Å²) in [5.41, 5.74) is 2.58. The molecule has 0 aliphatic heterocycles. The van der Waals surface area contributed by atoms with E-state index in [4.69, 9.17) is 0 Å². The predicted molar refractivity (Wildman–Crippen MR) is 76.3 cm³/mol. The van der Waals surface area contributed by atoms with Gasteiger partial charge in [-0.2, -0.15) is 5.26 Å². The normalized spacial score (nSPS) is 53.5. The van der Waals surface area contributed by atoms with Gasteiger partial charge in [0.15, 0.2) is 0 Å². The molecule has 6 aliphatic carbocycles. The van der Waals surface area contributed by atoms with Crippen molar-refractivity contribution in [3.63, 3.8) is 0 Å². The molecular weight excluding hydrogens is 230 g/mol. The van der Waals surface area contributed by atoms with Gasteiger partial charge in [-0.3, -0.25) is 0 Å². The van der Waals surface area contributed by atoms with E-state index in [0.29, 0.717) is 16.2 Å². The minimum absolute atomic E-state index is 0.121. The van der Waals surface area contributed by atoms with Crippen LogP contribution >= 0.6 is 0 Å². The van der Waals surface area contributed by atoms with Crippen LogP contribution in [0.3, 0.4) is 0 Å². The van der Waals surface area contributed by atoms with Crippen LogP contribution < -0.4 is 0 Å². The van der Waals surface area contributed by atoms with E-state index in [1.165, 1.54) is 44.9 Å². The van der Waals surface area contributed by atoms with E-state index in [0.717, 1.165) is 11.3 Å². The molecule has 6 saturated carbocycles. The molecule has 0 N–H and O–H groups in total. The number of hydrogen-bond donors (Lipinski definition) is 0. The lowest BCUT2D eigenvalue weighted by atomic mass is 9.25. The van der Waals surface area contributed by atoms with E-state index in [-0.39, 0.29) is 5.41 Å². The van der Waals surface area contributed by atoms with E-state index in [1.807, 2.05) is 0 Å². The Hall–Kier alpha value is -0.510. The summed E-state index contributed by atoms with van der Waals surface area (Å²) in [4.78, 5) is 0. The monoisotopic (exact) mass is 257 g/mol. The van der Waals surface area contributed by atoms with E-state index < -0.39 is 0 Å². The topological polar surface area (TPSA) is 23.8 Å². The summed E-state index contributed by atoms with van der Waals surface area (Å²) in [6.45, 7) is 9.81. The van der Waals surface area contributed by atoms with Gasteiger partial charge in [0.1, 0.15) is 0 Å². The Morgan fingerprint density at radius 2 is 1.58 bits per heavy atom. The lowest BCUT2D eigenvalue weighted by Gasteiger charge is -2.79. The molecule has 0 heterocycles. The second-order valence-corrected chi connectivity index (χ2v) is 9.81. The van der Waals surface area contributed by atoms with Crippen LogP contribution in [0.4, 0.5) is 0 Å². The van der Waals surface area contributed by atoms with E-state index in [2.05, 4.69) is 33.8 Å². The Morgan fingerprint density at radius 3 is 2.00 bits per heavy atom. The molecule has 0 aromatic heterocycles. The maximum absolute atomic E-state index is 9.21. The van der Waals surface area contributed by atoms with Crippen LogP contribution in [-0.4, -0.2) is 0 Å². The number of nitrogens with zero attached hydrogens (tertiary/aromatic N) is 1. The fourth-order valence-corrected chi connectivity index (χ4v) is 6.63. The molecule has 1 nitrogen and oxygen atoms in total. The number of rotatable bonds is 4. The van der Waals surface area contributed by atoms with Crippen molar-refractivity contribution in [3.8, 4) is 6.07 Å². The van der Waals surface area contributed by atoms with Crippen molar-refractivity contribution in [2.75, 3.05) is 0 Å². The Bertz CT molecular complexity index is 451. The van der Waals surface area contributed by atoms with Gasteiger partial charge in [-0.1, -0.05) is 27.7 Å². The highest BCUT2D eigenvalue weighted by molar-refractivity contribution is 5.30. The van der Waals surface area contributed by atoms with Gasteiger partial charge in [0.2, 0.25) is 0 Å². The first-order valence-electron chi connectivity index (χ1n) is 8.12. The predicted octanol–water partition coefficient (Wildman–Crippen LogP) is 4.92. The highest BCUT2D eigenvalue weighted by atomic mass is 14.8. The molecule has 6 aliphatic rings. The zero-order valence-electron chi connectivity index (χ0n) is 13.0. The van der Waals surface area contributed by atoms with Crippen molar-refractivity contribution in [1.82, 2.24) is 0 Å². The second-order valence-electron chi connectivity index (χ2n) is 9.81. The molecule has 0 aromatic rings. The van der Waals surface area contributed by atoms with Gasteiger partial charge in [-0.15, -0.1) is 0 Å². The van der Waals surface area contributed by atoms with Crippen molar-refractivity contribution < 1.29 is 0 Å². The molecule has 6 fully saturated rings. The van der Waals surface area contributed by atoms with Crippen molar-refractivity contribution in [2.45, 2.75) is 72.6 Å². The van der Waals surface area contributed by atoms with Gasteiger partial charge in [-0.25, -0.2) is 0 Å². The third-order valence-corrected chi connectivity index (χ3v) is 7.93. The molecule has 6 rings (SSSR count). The summed E-state index contributed by atoms with van der Waals surface area (Å²) in [5, 5.41) is 9.21. The SMILES string of the molecule is CC(C)C12CC(CC(C)(C)C34CC(C#N)(C3)C4)(C1)C2. The minimum Gasteiger partial charge on any atom is -0.198 e. The highest BCUT2D eigenvalue weighted by Gasteiger charge is 2.76. The van der Waals surface area contributed by atoms with Gasteiger partial charge in [0, 0.05) is 0 Å². The molecule has 0 amide bonds. The quantitative estimate of drug-likeness (QED) is 0.701. The van der Waals surface area contributed by atoms with Gasteiger partial charge in [0.25, 0.3) is 0 Å². The fourth-order valence-electron chi connectivity index (χ4n) is 6.63. The summed E-state index contributed by atoms with van der Waals surface area (Å²) in [7, 11) is 0. The standard InChI is InChI=1S/C18H27N/c1-13(2)17-6-15(7-17,8-17)5-14(3,4)18-9-16(10-18,11-18)12-19/h13H,5-11H2,1-4H3. The van der Waals surface area contributed by atoms with Gasteiger partial charge >= 0.3 is 0 Å². The summed E-state index contributed by atoms with van der Waals surface area (Å²) in [6, 6.07) is 2.56. The Morgan fingerprint density at radius 1 is 1.05 bits per heavy atom. The maximum atomic E-state index is 9.21. The summed E-state index contributed by atoms with van der Waals surface area (Å²) in [5.74, 6) is 0.884. The molecule has 0 aromatic carbocycles. The molecule has 0 saturated heterocycles. The molecule has 0 atom stereocenters. The van der Waals surface area contributed by atoms with Crippen LogP contribution in [0.15, 0.2) is 0 Å². The number of hydrogen-bond acceptors (Lipinski definition) is 1. The van der Waals surface area contributed by atoms with Crippen LogP contribution in [0.25, 0.3) is 0 Å². The lowest BCUT2D eigenvalue weighted by Crippen LogP contribution is -2.70. The van der Waals surface area contributed by atoms with Crippen molar-refractivity contribution in [3.05, 3.63) is 0 Å². The van der Waals surface area contributed by atoms with Crippen molar-refractivity contribution >= 4 is 0 Å². The van der Waals surface area contributed by atoms with Gasteiger partial charge < -0.3 is 0 Å². The molecule has 1 heteroatoms. The first-order chi connectivity index (χ1) is 8.70. The smallest absolute Gasteiger partial charge is 0.0690 e. The van der Waals surface area contributed by atoms with Gasteiger partial charge in [0.05, 0.1) is 11.5 Å². The Labute approximate surface area is 117 Å². The Kier molecular flexibility index (Phi) is 1.87.